The summed E-state index contributed by atoms with van der Waals surface area (Å²) in [6.45, 7) is 3.21. The van der Waals surface area contributed by atoms with E-state index in [4.69, 9.17) is 9.52 Å². The third-order valence-corrected chi connectivity index (χ3v) is 6.07. The van der Waals surface area contributed by atoms with Gasteiger partial charge in [-0.25, -0.2) is 4.79 Å². The fraction of sp³-hybridized carbons (Fsp3) is 0.385. The second-order valence-electron chi connectivity index (χ2n) is 8.63. The highest BCUT2D eigenvalue weighted by Gasteiger charge is 2.26. The van der Waals surface area contributed by atoms with E-state index in [1.807, 2.05) is 55.5 Å². The molecule has 1 N–H and O–H groups in total. The van der Waals surface area contributed by atoms with E-state index in [1.165, 1.54) is 12.8 Å². The Hall–Kier alpha value is -2.83. The molecule has 0 bridgehead atoms. The van der Waals surface area contributed by atoms with Crippen LogP contribution in [0, 0.1) is 0 Å². The molecule has 0 aliphatic carbocycles. The van der Waals surface area contributed by atoms with Crippen molar-refractivity contribution in [2.45, 2.75) is 31.6 Å². The van der Waals surface area contributed by atoms with Gasteiger partial charge in [0.05, 0.1) is 10.9 Å². The Kier molecular flexibility index (Phi) is 8.53. The summed E-state index contributed by atoms with van der Waals surface area (Å²) in [5.41, 5.74) is 2.14. The molecule has 0 saturated carbocycles. The highest BCUT2D eigenvalue weighted by molar-refractivity contribution is 5.87. The van der Waals surface area contributed by atoms with Gasteiger partial charge in [0.2, 0.25) is 0 Å². The van der Waals surface area contributed by atoms with Gasteiger partial charge < -0.3 is 19.4 Å². The number of hydrazone groups is 1. The molecule has 1 fully saturated rings. The Morgan fingerprint density at radius 3 is 2.45 bits per heavy atom. The largest absolute Gasteiger partial charge is 0.507 e. The molecule has 33 heavy (non-hydrogen) atoms. The zero-order chi connectivity index (χ0) is 22.5. The van der Waals surface area contributed by atoms with Crippen molar-refractivity contribution in [1.29, 1.82) is 0 Å². The minimum absolute atomic E-state index is 0. The Morgan fingerprint density at radius 2 is 1.76 bits per heavy atom. The van der Waals surface area contributed by atoms with Gasteiger partial charge in [-0.1, -0.05) is 42.5 Å². The Balaban J connectivity index is 0.00000306. The zero-order valence-electron chi connectivity index (χ0n) is 19.2. The number of rotatable bonds is 8. The molecule has 0 spiro atoms. The molecule has 1 saturated heterocycles. The van der Waals surface area contributed by atoms with Gasteiger partial charge >= 0.3 is 5.63 Å². The first-order valence-corrected chi connectivity index (χ1v) is 11.3. The van der Waals surface area contributed by atoms with E-state index < -0.39 is 5.63 Å². The lowest BCUT2D eigenvalue weighted by atomic mass is 9.86. The van der Waals surface area contributed by atoms with Crippen molar-refractivity contribution in [2.24, 2.45) is 5.10 Å². The topological polar surface area (TPSA) is 69.3 Å². The molecule has 7 heteroatoms. The minimum Gasteiger partial charge on any atom is -0.507 e. The van der Waals surface area contributed by atoms with E-state index in [-0.39, 0.29) is 24.1 Å². The molecule has 2 heterocycles. The number of hydrogen-bond donors (Lipinski definition) is 1. The maximum atomic E-state index is 13.1. The van der Waals surface area contributed by atoms with Gasteiger partial charge in [-0.3, -0.25) is 0 Å². The van der Waals surface area contributed by atoms with Gasteiger partial charge in [-0.2, -0.15) is 5.10 Å². The number of aromatic hydroxyl groups is 1. The maximum Gasteiger partial charge on any atom is 0.343 e. The van der Waals surface area contributed by atoms with E-state index in [0.29, 0.717) is 23.0 Å². The summed E-state index contributed by atoms with van der Waals surface area (Å²) in [5.74, 6) is -0.358. The normalized spacial score (nSPS) is 15.4. The van der Waals surface area contributed by atoms with E-state index >= 15 is 0 Å². The molecule has 2 aromatic carbocycles. The Morgan fingerprint density at radius 1 is 1.09 bits per heavy atom. The molecule has 1 aliphatic heterocycles. The molecular formula is C26H32ClN3O3. The van der Waals surface area contributed by atoms with E-state index in [9.17, 15) is 9.90 Å². The number of para-hydroxylation sites is 1. The Labute approximate surface area is 200 Å². The van der Waals surface area contributed by atoms with Crippen molar-refractivity contribution < 1.29 is 9.52 Å². The van der Waals surface area contributed by atoms with Crippen LogP contribution < -0.4 is 5.63 Å². The zero-order valence-corrected chi connectivity index (χ0v) is 20.1. The van der Waals surface area contributed by atoms with Crippen molar-refractivity contribution in [3.63, 3.8) is 0 Å². The van der Waals surface area contributed by atoms with Crippen LogP contribution in [-0.2, 0) is 0 Å². The monoisotopic (exact) mass is 469 g/mol. The number of benzene rings is 2. The predicted molar refractivity (Wildman–Crippen MR) is 136 cm³/mol. The highest BCUT2D eigenvalue weighted by atomic mass is 35.5. The van der Waals surface area contributed by atoms with Crippen molar-refractivity contribution in [3.8, 4) is 5.75 Å². The van der Waals surface area contributed by atoms with Gasteiger partial charge in [0, 0.05) is 38.7 Å². The van der Waals surface area contributed by atoms with Gasteiger partial charge in [-0.05, 0) is 50.0 Å². The number of likely N-dealkylation sites (tertiary alicyclic amines) is 1. The van der Waals surface area contributed by atoms with Crippen LogP contribution in [-0.4, -0.2) is 54.5 Å². The molecule has 4 rings (SSSR count). The van der Waals surface area contributed by atoms with Crippen molar-refractivity contribution in [1.82, 2.24) is 9.91 Å². The first-order valence-electron chi connectivity index (χ1n) is 11.3. The number of nitrogens with zero attached hydrogens (tertiary/aromatic N) is 3. The van der Waals surface area contributed by atoms with Gasteiger partial charge in [0.15, 0.2) is 0 Å². The first-order chi connectivity index (χ1) is 15.5. The first kappa shape index (κ1) is 24.8. The van der Waals surface area contributed by atoms with E-state index in [0.717, 1.165) is 37.3 Å². The second-order valence-corrected chi connectivity index (χ2v) is 8.63. The number of halogens is 1. The standard InChI is InChI=1S/C26H31N3O3.ClH/c1-28(2)27-20(14-17-29-15-8-9-16-29)18-22(19-10-4-3-5-11-19)24-25(30)21-12-6-7-13-23(21)32-26(24)31;/h3-7,10-13,22,30H,8-9,14-18H2,1-2H3;1H/b27-20-;. The summed E-state index contributed by atoms with van der Waals surface area (Å²) in [4.78, 5) is 15.5. The molecule has 3 aromatic rings. The molecule has 0 radical (unpaired) electrons. The maximum absolute atomic E-state index is 13.1. The molecular weight excluding hydrogens is 438 g/mol. The van der Waals surface area contributed by atoms with Gasteiger partial charge in [-0.15, -0.1) is 12.4 Å². The van der Waals surface area contributed by atoms with Crippen molar-refractivity contribution in [2.75, 3.05) is 33.7 Å². The lowest BCUT2D eigenvalue weighted by Gasteiger charge is -2.22. The third-order valence-electron chi connectivity index (χ3n) is 6.07. The summed E-state index contributed by atoms with van der Waals surface area (Å²) >= 11 is 0. The quantitative estimate of drug-likeness (QED) is 0.290. The van der Waals surface area contributed by atoms with Crippen LogP contribution in [0.1, 0.15) is 42.7 Å². The average Bonchev–Trinajstić information content (AvgIpc) is 3.30. The van der Waals surface area contributed by atoms with Crippen LogP contribution in [0.3, 0.4) is 0 Å². The number of hydrogen-bond acceptors (Lipinski definition) is 6. The fourth-order valence-corrected chi connectivity index (χ4v) is 4.53. The summed E-state index contributed by atoms with van der Waals surface area (Å²) in [6, 6.07) is 16.9. The lowest BCUT2D eigenvalue weighted by molar-refractivity contribution is 0.346. The Bertz CT molecular complexity index is 1140. The summed E-state index contributed by atoms with van der Waals surface area (Å²) in [6.07, 6.45) is 3.85. The van der Waals surface area contributed by atoms with Crippen LogP contribution in [0.25, 0.3) is 11.0 Å². The fourth-order valence-electron chi connectivity index (χ4n) is 4.53. The predicted octanol–water partition coefficient (Wildman–Crippen LogP) is 4.85. The highest BCUT2D eigenvalue weighted by Crippen LogP contribution is 2.36. The summed E-state index contributed by atoms with van der Waals surface area (Å²) in [5, 5.41) is 18.3. The van der Waals surface area contributed by atoms with Gasteiger partial charge in [0.25, 0.3) is 0 Å². The van der Waals surface area contributed by atoms with E-state index in [1.54, 1.807) is 18.2 Å². The van der Waals surface area contributed by atoms with Crippen LogP contribution in [0.5, 0.6) is 5.75 Å². The molecule has 176 valence electrons. The minimum atomic E-state index is -0.501. The molecule has 0 amide bonds. The molecule has 1 aromatic heterocycles. The van der Waals surface area contributed by atoms with Crippen LogP contribution in [0.4, 0.5) is 0 Å². The van der Waals surface area contributed by atoms with E-state index in [2.05, 4.69) is 4.90 Å². The molecule has 6 nitrogen and oxygen atoms in total. The van der Waals surface area contributed by atoms with Gasteiger partial charge in [0.1, 0.15) is 11.3 Å². The SMILES string of the molecule is CN(C)/N=C(/CCN1CCCC1)CC(c1ccccc1)c1c(O)c2ccccc2oc1=O.Cl. The number of fused-ring (bicyclic) bond motifs is 1. The van der Waals surface area contributed by atoms with Crippen LogP contribution in [0.2, 0.25) is 0 Å². The lowest BCUT2D eigenvalue weighted by Crippen LogP contribution is -2.25. The van der Waals surface area contributed by atoms with Crippen LogP contribution in [0.15, 0.2) is 68.9 Å². The van der Waals surface area contributed by atoms with Crippen LogP contribution >= 0.6 is 12.4 Å². The average molecular weight is 470 g/mol. The molecule has 1 unspecified atom stereocenters. The second kappa shape index (κ2) is 11.3. The molecule has 1 aliphatic rings. The smallest absolute Gasteiger partial charge is 0.343 e. The summed E-state index contributed by atoms with van der Waals surface area (Å²) in [7, 11) is 3.82. The summed E-state index contributed by atoms with van der Waals surface area (Å²) < 4.78 is 5.61. The third kappa shape index (κ3) is 5.95. The van der Waals surface area contributed by atoms with Crippen molar-refractivity contribution in [3.05, 3.63) is 76.1 Å². The molecule has 1 atom stereocenters. The van der Waals surface area contributed by atoms with Crippen molar-refractivity contribution >= 4 is 29.1 Å².